The van der Waals surface area contributed by atoms with E-state index in [1.807, 2.05) is 32.0 Å². The second-order valence-electron chi connectivity index (χ2n) is 19.6. The quantitative estimate of drug-likeness (QED) is 0.172. The smallest absolute Gasteiger partial charge is 0.0991 e. The Bertz CT molecular complexity index is 3630. The fourth-order valence-electron chi connectivity index (χ4n) is 10.6. The summed E-state index contributed by atoms with van der Waals surface area (Å²) in [5, 5.41) is 13.6. The third-order valence-corrected chi connectivity index (χ3v) is 14.7. The van der Waals surface area contributed by atoms with Gasteiger partial charge in [-0.3, -0.25) is 0 Å². The maximum Gasteiger partial charge on any atom is 0.0991 e. The summed E-state index contributed by atoms with van der Waals surface area (Å²) in [7, 11) is 2.20. The summed E-state index contributed by atoms with van der Waals surface area (Å²) in [5.74, 6) is 0. The van der Waals surface area contributed by atoms with Crippen molar-refractivity contribution in [1.82, 2.24) is 4.57 Å². The lowest BCUT2D eigenvalue weighted by atomic mass is 9.81. The van der Waals surface area contributed by atoms with Crippen molar-refractivity contribution >= 4 is 49.6 Å². The molecule has 0 saturated carbocycles. The van der Waals surface area contributed by atoms with Crippen molar-refractivity contribution < 1.29 is 0 Å². The molecule has 0 amide bonds. The predicted octanol–water partition coefficient (Wildman–Crippen LogP) is 17.9. The maximum absolute atomic E-state index is 8.50. The number of anilines is 3. The summed E-state index contributed by atoms with van der Waals surface area (Å²) in [6.07, 6.45) is 0.969. The van der Waals surface area contributed by atoms with Crippen molar-refractivity contribution in [3.05, 3.63) is 231 Å². The summed E-state index contributed by atoms with van der Waals surface area (Å²) in [4.78, 5) is 2.59. The van der Waals surface area contributed by atoms with Gasteiger partial charge in [-0.25, -0.2) is 0 Å². The van der Waals surface area contributed by atoms with E-state index in [0.29, 0.717) is 0 Å². The van der Waals surface area contributed by atoms with E-state index < -0.39 is 0 Å². The summed E-state index contributed by atoms with van der Waals surface area (Å²) in [6.45, 7) is 22.0. The highest BCUT2D eigenvalue weighted by atomic mass is 15.2. The van der Waals surface area contributed by atoms with Gasteiger partial charge in [-0.05, 0) is 164 Å². The normalized spacial score (nSPS) is 12.1. The van der Waals surface area contributed by atoms with Gasteiger partial charge in [-0.15, -0.1) is 0 Å². The first-order valence-corrected chi connectivity index (χ1v) is 24.4. The van der Waals surface area contributed by atoms with Gasteiger partial charge in [0, 0.05) is 39.7 Å². The monoisotopic (exact) mass is 898 g/mol. The second-order valence-corrected chi connectivity index (χ2v) is 19.6. The Morgan fingerprint density at radius 1 is 0.478 bits per heavy atom. The van der Waals surface area contributed by atoms with E-state index in [4.69, 9.17) is 5.26 Å². The van der Waals surface area contributed by atoms with Crippen LogP contribution in [-0.2, 0) is 18.9 Å². The molecule has 11 rings (SSSR count). The molecule has 0 N–H and O–H groups in total. The zero-order valence-corrected chi connectivity index (χ0v) is 42.2. The van der Waals surface area contributed by atoms with Gasteiger partial charge in [0.15, 0.2) is 0 Å². The van der Waals surface area contributed by atoms with Crippen LogP contribution in [0.5, 0.6) is 0 Å². The van der Waals surface area contributed by atoms with Crippen LogP contribution in [0.15, 0.2) is 170 Å². The average molecular weight is 898 g/mol. The fourth-order valence-corrected chi connectivity index (χ4v) is 10.6. The third-order valence-electron chi connectivity index (χ3n) is 14.7. The molecule has 3 nitrogen and oxygen atoms in total. The third kappa shape index (κ3) is 8.40. The molecule has 0 unspecified atom stereocenters. The average Bonchev–Trinajstić information content (AvgIpc) is 3.77. The van der Waals surface area contributed by atoms with E-state index >= 15 is 0 Å². The van der Waals surface area contributed by atoms with Crippen molar-refractivity contribution in [3.63, 3.8) is 0 Å². The van der Waals surface area contributed by atoms with Crippen LogP contribution in [0.1, 0.15) is 82.0 Å². The number of rotatable bonds is 5. The highest BCUT2D eigenvalue weighted by Crippen LogP contribution is 2.56. The Balaban J connectivity index is 0.000000260. The first-order valence-electron chi connectivity index (χ1n) is 24.4. The van der Waals surface area contributed by atoms with Crippen LogP contribution in [-0.4, -0.2) is 4.57 Å². The van der Waals surface area contributed by atoms with Gasteiger partial charge in [0.1, 0.15) is 0 Å². The first-order chi connectivity index (χ1) is 33.2. The molecule has 69 heavy (non-hydrogen) atoms. The van der Waals surface area contributed by atoms with Gasteiger partial charge >= 0.3 is 0 Å². The number of aryl methyl sites for hydroxylation is 9. The molecule has 0 saturated heterocycles. The van der Waals surface area contributed by atoms with Crippen molar-refractivity contribution in [1.29, 1.82) is 5.26 Å². The van der Waals surface area contributed by atoms with E-state index in [1.165, 1.54) is 128 Å². The topological polar surface area (TPSA) is 32.0 Å². The highest BCUT2D eigenvalue weighted by Gasteiger charge is 2.38. The predicted molar refractivity (Wildman–Crippen MR) is 296 cm³/mol. The molecule has 1 aliphatic rings. The molecular weight excluding hydrogens is 835 g/mol. The molecule has 0 bridgehead atoms. The Morgan fingerprint density at radius 2 is 1.09 bits per heavy atom. The van der Waals surface area contributed by atoms with Gasteiger partial charge in [-0.2, -0.15) is 5.26 Å². The summed E-state index contributed by atoms with van der Waals surface area (Å²) in [5.41, 5.74) is 25.2. The van der Waals surface area contributed by atoms with Crippen molar-refractivity contribution in [3.8, 4) is 28.3 Å². The molecule has 0 spiro atoms. The molecule has 9 aromatic carbocycles. The zero-order chi connectivity index (χ0) is 48.7. The number of hydrogen-bond donors (Lipinski definition) is 0. The lowest BCUT2D eigenvalue weighted by Gasteiger charge is -2.32. The number of aromatic nitrogens is 1. The molecule has 0 atom stereocenters. The minimum Gasteiger partial charge on any atom is -0.344 e. The molecular formula is C66H63N3. The maximum atomic E-state index is 8.50. The molecule has 342 valence electrons. The Hall–Kier alpha value is -7.67. The van der Waals surface area contributed by atoms with Gasteiger partial charge in [0.05, 0.1) is 34.2 Å². The molecule has 1 aromatic heterocycles. The van der Waals surface area contributed by atoms with Crippen LogP contribution in [0.3, 0.4) is 0 Å². The summed E-state index contributed by atoms with van der Waals surface area (Å²) >= 11 is 0. The number of hydrogen-bond acceptors (Lipinski definition) is 2. The lowest BCUT2D eigenvalue weighted by Crippen LogP contribution is -2.18. The minimum atomic E-state index is -0.156. The number of benzene rings is 9. The molecule has 0 aliphatic heterocycles. The number of para-hydroxylation sites is 1. The van der Waals surface area contributed by atoms with Crippen molar-refractivity contribution in [2.75, 3.05) is 4.90 Å². The van der Waals surface area contributed by atoms with Gasteiger partial charge in [0.25, 0.3) is 0 Å². The molecule has 10 aromatic rings. The molecule has 0 radical (unpaired) electrons. The van der Waals surface area contributed by atoms with Crippen molar-refractivity contribution in [2.24, 2.45) is 7.05 Å². The van der Waals surface area contributed by atoms with E-state index in [0.717, 1.165) is 12.0 Å². The van der Waals surface area contributed by atoms with Gasteiger partial charge < -0.3 is 9.47 Å². The number of nitrogens with zero attached hydrogens (tertiary/aromatic N) is 3. The van der Waals surface area contributed by atoms with Crippen LogP contribution in [0, 0.1) is 59.8 Å². The molecule has 1 aliphatic carbocycles. The minimum absolute atomic E-state index is 0.156. The van der Waals surface area contributed by atoms with Crippen LogP contribution >= 0.6 is 0 Å². The Morgan fingerprint density at radius 3 is 1.80 bits per heavy atom. The first kappa shape index (κ1) is 46.4. The number of fused-ring (bicyclic) bond motifs is 8. The molecule has 3 heteroatoms. The largest absolute Gasteiger partial charge is 0.344 e. The second kappa shape index (κ2) is 18.8. The zero-order valence-electron chi connectivity index (χ0n) is 42.2. The van der Waals surface area contributed by atoms with E-state index in [-0.39, 0.29) is 5.41 Å². The van der Waals surface area contributed by atoms with Crippen LogP contribution in [0.25, 0.3) is 54.8 Å². The fraction of sp³-hybridized carbons (Fsp3) is 0.197. The van der Waals surface area contributed by atoms with Crippen LogP contribution in [0.2, 0.25) is 0 Å². The van der Waals surface area contributed by atoms with Gasteiger partial charge in [0.2, 0.25) is 0 Å². The number of nitriles is 1. The summed E-state index contributed by atoms with van der Waals surface area (Å²) in [6, 6.07) is 64.4. The Labute approximate surface area is 410 Å². The van der Waals surface area contributed by atoms with Gasteiger partial charge in [-0.1, -0.05) is 159 Å². The lowest BCUT2D eigenvalue weighted by molar-refractivity contribution is 0.660. The molecule has 1 heterocycles. The van der Waals surface area contributed by atoms with E-state index in [9.17, 15) is 0 Å². The van der Waals surface area contributed by atoms with Crippen molar-refractivity contribution in [2.45, 2.75) is 81.1 Å². The SMILES string of the molecule is CCc1ccccc1-c1c(C)cccc1N(c1cc2c(c3ccccc13)-c1ccc(C)cc1C2(C)C)c1cccc2c1c1ccccc1n2C.Cc1ccc(C#N)cc1C.Cc1ccc(C)c(C)c1. The van der Waals surface area contributed by atoms with E-state index in [1.54, 1.807) is 0 Å². The van der Waals surface area contributed by atoms with Crippen LogP contribution < -0.4 is 4.90 Å². The molecule has 0 fully saturated rings. The van der Waals surface area contributed by atoms with E-state index in [2.05, 4.69) is 230 Å². The standard InChI is InChI=1S/C48H42N2.C9H9N.C9H12/c1-7-32-17-8-9-18-33(32)45-31(3)16-14-24-42(45)50(43-25-15-23-41-47(43)37-21-12-13-22-40(37)49(41)6)44-29-39-46(35-20-11-10-19-34(35)44)36-27-26-30(2)28-38(36)48(39,4)5;1-7-3-4-9(6-10)5-8(7)2;1-7-4-5-8(2)9(3)6-7/h8-29H,7H2,1-6H3;3-5H,1-2H3;4-6H,1-3H3. The highest BCUT2D eigenvalue weighted by molar-refractivity contribution is 6.18. The Kier molecular flexibility index (Phi) is 12.6. The van der Waals surface area contributed by atoms with Crippen LogP contribution in [0.4, 0.5) is 17.1 Å². The summed E-state index contributed by atoms with van der Waals surface area (Å²) < 4.78 is 2.35.